The summed E-state index contributed by atoms with van der Waals surface area (Å²) >= 11 is 0. The summed E-state index contributed by atoms with van der Waals surface area (Å²) in [5.41, 5.74) is 0.875. The van der Waals surface area contributed by atoms with Crippen molar-refractivity contribution in [3.63, 3.8) is 0 Å². The first-order chi connectivity index (χ1) is 12.9. The molecule has 0 amide bonds. The van der Waals surface area contributed by atoms with Crippen LogP contribution in [0.15, 0.2) is 66.9 Å². The van der Waals surface area contributed by atoms with Gasteiger partial charge in [-0.05, 0) is 49.6 Å². The van der Waals surface area contributed by atoms with Crippen LogP contribution < -0.4 is 15.0 Å². The Morgan fingerprint density at radius 2 is 1.62 bits per heavy atom. The van der Waals surface area contributed by atoms with Crippen LogP contribution in [0.4, 0.5) is 17.5 Å². The third kappa shape index (κ3) is 3.94. The maximum absolute atomic E-state index is 6.01. The molecule has 5 heteroatoms. The fourth-order valence-electron chi connectivity index (χ4n) is 3.08. The van der Waals surface area contributed by atoms with Crippen LogP contribution in [0.5, 0.6) is 11.5 Å². The second kappa shape index (κ2) is 7.87. The van der Waals surface area contributed by atoms with Gasteiger partial charge in [-0.15, -0.1) is 0 Å². The van der Waals surface area contributed by atoms with E-state index in [2.05, 4.69) is 20.2 Å². The fraction of sp³-hybridized carbons (Fsp3) is 0.238. The lowest BCUT2D eigenvalue weighted by atomic mass is 10.1. The van der Waals surface area contributed by atoms with Crippen LogP contribution in [-0.2, 0) is 0 Å². The zero-order valence-electron chi connectivity index (χ0n) is 14.6. The number of benzene rings is 2. The molecule has 0 aliphatic carbocycles. The van der Waals surface area contributed by atoms with Crippen LogP contribution in [0.1, 0.15) is 19.3 Å². The zero-order valence-corrected chi connectivity index (χ0v) is 14.6. The number of ether oxygens (including phenoxy) is 1. The molecule has 1 saturated heterocycles. The van der Waals surface area contributed by atoms with Gasteiger partial charge in [-0.3, -0.25) is 0 Å². The minimum atomic E-state index is 0.761. The lowest BCUT2D eigenvalue weighted by Gasteiger charge is -2.26. The number of hydrogen-bond acceptors (Lipinski definition) is 5. The number of nitrogens with zero attached hydrogens (tertiary/aromatic N) is 3. The smallest absolute Gasteiger partial charge is 0.227 e. The van der Waals surface area contributed by atoms with Crippen molar-refractivity contribution >= 4 is 17.5 Å². The van der Waals surface area contributed by atoms with E-state index < -0.39 is 0 Å². The summed E-state index contributed by atoms with van der Waals surface area (Å²) in [5.74, 6) is 3.12. The molecule has 4 rings (SSSR count). The second-order valence-electron chi connectivity index (χ2n) is 6.33. The number of piperidine rings is 1. The summed E-state index contributed by atoms with van der Waals surface area (Å²) in [6.07, 6.45) is 5.50. The van der Waals surface area contributed by atoms with Crippen molar-refractivity contribution in [2.75, 3.05) is 23.3 Å². The number of hydrogen-bond donors (Lipinski definition) is 1. The van der Waals surface area contributed by atoms with Crippen LogP contribution in [-0.4, -0.2) is 23.1 Å². The lowest BCUT2D eigenvalue weighted by molar-refractivity contribution is 0.485. The van der Waals surface area contributed by atoms with E-state index in [1.807, 2.05) is 60.7 Å². The standard InChI is InChI=1S/C21H22N4O/c1-3-9-17(10-4-1)26-19-12-6-5-11-18(19)23-20-13-14-22-21(24-20)25-15-7-2-8-16-25/h1,3-6,9-14H,2,7-8,15-16H2,(H,22,23,24). The van der Waals surface area contributed by atoms with Gasteiger partial charge in [0.25, 0.3) is 0 Å². The van der Waals surface area contributed by atoms with Gasteiger partial charge in [-0.25, -0.2) is 4.98 Å². The minimum absolute atomic E-state index is 0.761. The number of anilines is 3. The predicted molar refractivity (Wildman–Crippen MR) is 104 cm³/mol. The highest BCUT2D eigenvalue weighted by atomic mass is 16.5. The maximum atomic E-state index is 6.01. The highest BCUT2D eigenvalue weighted by Gasteiger charge is 2.14. The van der Waals surface area contributed by atoms with Crippen LogP contribution in [0.2, 0.25) is 0 Å². The normalized spacial score (nSPS) is 14.1. The summed E-state index contributed by atoms with van der Waals surface area (Å²) in [4.78, 5) is 11.4. The molecule has 0 bridgehead atoms. The van der Waals surface area contributed by atoms with Gasteiger partial charge < -0.3 is 15.0 Å². The van der Waals surface area contributed by atoms with E-state index in [1.54, 1.807) is 6.20 Å². The van der Waals surface area contributed by atoms with Crippen LogP contribution >= 0.6 is 0 Å². The van der Waals surface area contributed by atoms with E-state index in [4.69, 9.17) is 4.74 Å². The fourth-order valence-corrected chi connectivity index (χ4v) is 3.08. The van der Waals surface area contributed by atoms with E-state index in [0.29, 0.717) is 0 Å². The molecule has 1 fully saturated rings. The van der Waals surface area contributed by atoms with E-state index in [9.17, 15) is 0 Å². The zero-order chi connectivity index (χ0) is 17.6. The Morgan fingerprint density at radius 3 is 2.46 bits per heavy atom. The van der Waals surface area contributed by atoms with Gasteiger partial charge in [-0.1, -0.05) is 30.3 Å². The van der Waals surface area contributed by atoms with Crippen molar-refractivity contribution in [3.8, 4) is 11.5 Å². The quantitative estimate of drug-likeness (QED) is 0.704. The van der Waals surface area contributed by atoms with Gasteiger partial charge in [0, 0.05) is 19.3 Å². The Balaban J connectivity index is 1.54. The molecule has 26 heavy (non-hydrogen) atoms. The van der Waals surface area contributed by atoms with Gasteiger partial charge in [0.1, 0.15) is 11.6 Å². The number of nitrogens with one attached hydrogen (secondary N) is 1. The highest BCUT2D eigenvalue weighted by Crippen LogP contribution is 2.31. The number of rotatable bonds is 5. The lowest BCUT2D eigenvalue weighted by Crippen LogP contribution is -2.31. The maximum Gasteiger partial charge on any atom is 0.227 e. The molecule has 3 aromatic rings. The molecule has 2 aromatic carbocycles. The Morgan fingerprint density at radius 1 is 0.846 bits per heavy atom. The molecular weight excluding hydrogens is 324 g/mol. The molecular formula is C21H22N4O. The molecule has 2 heterocycles. The van der Waals surface area contributed by atoms with Crippen molar-refractivity contribution in [1.29, 1.82) is 0 Å². The molecule has 0 spiro atoms. The average Bonchev–Trinajstić information content (AvgIpc) is 2.71. The van der Waals surface area contributed by atoms with E-state index in [-0.39, 0.29) is 0 Å². The molecule has 1 aromatic heterocycles. The Kier molecular flexibility index (Phi) is 4.96. The highest BCUT2D eigenvalue weighted by molar-refractivity contribution is 5.65. The van der Waals surface area contributed by atoms with Crippen LogP contribution in [0.25, 0.3) is 0 Å². The SMILES string of the molecule is c1ccc(Oc2ccccc2Nc2ccnc(N3CCCCC3)n2)cc1. The largest absolute Gasteiger partial charge is 0.455 e. The molecule has 1 aliphatic heterocycles. The summed E-state index contributed by atoms with van der Waals surface area (Å²) < 4.78 is 6.01. The summed E-state index contributed by atoms with van der Waals surface area (Å²) in [6, 6.07) is 19.5. The van der Waals surface area contributed by atoms with Crippen LogP contribution in [0.3, 0.4) is 0 Å². The van der Waals surface area contributed by atoms with Crippen molar-refractivity contribution < 1.29 is 4.74 Å². The van der Waals surface area contributed by atoms with Crippen molar-refractivity contribution in [3.05, 3.63) is 66.9 Å². The Bertz CT molecular complexity index is 847. The Hall–Kier alpha value is -3.08. The molecule has 1 aliphatic rings. The van der Waals surface area contributed by atoms with Crippen molar-refractivity contribution in [2.24, 2.45) is 0 Å². The minimum Gasteiger partial charge on any atom is -0.455 e. The van der Waals surface area contributed by atoms with Gasteiger partial charge in [-0.2, -0.15) is 4.98 Å². The third-order valence-electron chi connectivity index (χ3n) is 4.40. The average molecular weight is 346 g/mol. The summed E-state index contributed by atoms with van der Waals surface area (Å²) in [5, 5.41) is 3.37. The van der Waals surface area contributed by atoms with Gasteiger partial charge >= 0.3 is 0 Å². The van der Waals surface area contributed by atoms with Crippen molar-refractivity contribution in [1.82, 2.24) is 9.97 Å². The van der Waals surface area contributed by atoms with E-state index >= 15 is 0 Å². The predicted octanol–water partition coefficient (Wildman–Crippen LogP) is 5.00. The first kappa shape index (κ1) is 16.4. The third-order valence-corrected chi connectivity index (χ3v) is 4.40. The van der Waals surface area contributed by atoms with E-state index in [1.165, 1.54) is 19.3 Å². The number of para-hydroxylation sites is 3. The first-order valence-electron chi connectivity index (χ1n) is 9.05. The van der Waals surface area contributed by atoms with Gasteiger partial charge in [0.15, 0.2) is 5.75 Å². The Labute approximate surface area is 153 Å². The van der Waals surface area contributed by atoms with E-state index in [0.717, 1.165) is 42.0 Å². The summed E-state index contributed by atoms with van der Waals surface area (Å²) in [7, 11) is 0. The van der Waals surface area contributed by atoms with Gasteiger partial charge in [0.2, 0.25) is 5.95 Å². The number of aromatic nitrogens is 2. The molecule has 0 unspecified atom stereocenters. The molecule has 5 nitrogen and oxygen atoms in total. The monoisotopic (exact) mass is 346 g/mol. The van der Waals surface area contributed by atoms with Crippen molar-refractivity contribution in [2.45, 2.75) is 19.3 Å². The summed E-state index contributed by atoms with van der Waals surface area (Å²) in [6.45, 7) is 2.05. The molecule has 0 saturated carbocycles. The second-order valence-corrected chi connectivity index (χ2v) is 6.33. The molecule has 1 N–H and O–H groups in total. The molecule has 0 radical (unpaired) electrons. The molecule has 0 atom stereocenters. The first-order valence-corrected chi connectivity index (χ1v) is 9.05. The topological polar surface area (TPSA) is 50.3 Å². The molecule has 132 valence electrons. The van der Waals surface area contributed by atoms with Crippen LogP contribution in [0, 0.1) is 0 Å². The van der Waals surface area contributed by atoms with Gasteiger partial charge in [0.05, 0.1) is 5.69 Å².